The second-order valence-electron chi connectivity index (χ2n) is 6.62. The summed E-state index contributed by atoms with van der Waals surface area (Å²) in [5.41, 5.74) is 2.68. The Morgan fingerprint density at radius 2 is 1.73 bits per heavy atom. The molecule has 7 heteroatoms. The highest BCUT2D eigenvalue weighted by Crippen LogP contribution is 2.38. The number of nitrogens with zero attached hydrogens (tertiary/aromatic N) is 3. The van der Waals surface area contributed by atoms with Crippen molar-refractivity contribution in [1.29, 1.82) is 0 Å². The molecular weight excluding hydrogens is 382 g/mol. The number of likely N-dealkylation sites (N-methyl/N-ethyl adjacent to an activating group) is 1. The largest absolute Gasteiger partial charge is 0.493 e. The zero-order chi connectivity index (χ0) is 21.5. The van der Waals surface area contributed by atoms with Crippen LogP contribution in [0.3, 0.4) is 0 Å². The van der Waals surface area contributed by atoms with Crippen molar-refractivity contribution in [1.82, 2.24) is 14.7 Å². The maximum atomic E-state index is 12.6. The number of para-hydroxylation sites is 1. The SMILES string of the molecule is COc1cc(/C=C/C(=O)N(C)Cc2cnn(-c3ccccc3)c2)cc(OC)c1OC. The zero-order valence-electron chi connectivity index (χ0n) is 17.5. The molecule has 7 nitrogen and oxygen atoms in total. The predicted octanol–water partition coefficient (Wildman–Crippen LogP) is 3.57. The van der Waals surface area contributed by atoms with Crippen LogP contribution in [0.4, 0.5) is 0 Å². The van der Waals surface area contributed by atoms with Crippen LogP contribution < -0.4 is 14.2 Å². The van der Waals surface area contributed by atoms with Crippen molar-refractivity contribution in [2.24, 2.45) is 0 Å². The van der Waals surface area contributed by atoms with Crippen LogP contribution in [-0.2, 0) is 11.3 Å². The minimum absolute atomic E-state index is 0.129. The highest BCUT2D eigenvalue weighted by molar-refractivity contribution is 5.91. The number of carbonyl (C=O) groups is 1. The van der Waals surface area contributed by atoms with Crippen LogP contribution in [0.2, 0.25) is 0 Å². The number of rotatable bonds is 8. The van der Waals surface area contributed by atoms with Gasteiger partial charge in [-0.15, -0.1) is 0 Å². The Kier molecular flexibility index (Phi) is 6.75. The number of ether oxygens (including phenoxy) is 3. The maximum absolute atomic E-state index is 12.6. The molecule has 0 aliphatic heterocycles. The Balaban J connectivity index is 1.69. The van der Waals surface area contributed by atoms with E-state index in [2.05, 4.69) is 5.10 Å². The molecule has 0 saturated carbocycles. The van der Waals surface area contributed by atoms with Crippen molar-refractivity contribution in [3.8, 4) is 22.9 Å². The van der Waals surface area contributed by atoms with Gasteiger partial charge in [0.2, 0.25) is 11.7 Å². The Morgan fingerprint density at radius 1 is 1.07 bits per heavy atom. The van der Waals surface area contributed by atoms with Crippen LogP contribution >= 0.6 is 0 Å². The molecule has 0 bridgehead atoms. The molecule has 30 heavy (non-hydrogen) atoms. The van der Waals surface area contributed by atoms with Crippen molar-refractivity contribution >= 4 is 12.0 Å². The molecule has 1 aromatic heterocycles. The monoisotopic (exact) mass is 407 g/mol. The first-order valence-electron chi connectivity index (χ1n) is 9.38. The standard InChI is InChI=1S/C23H25N3O4/c1-25(15-18-14-24-26(16-18)19-8-6-5-7-9-19)22(27)11-10-17-12-20(28-2)23(30-4)21(13-17)29-3/h5-14,16H,15H2,1-4H3/b11-10+. The van der Waals surface area contributed by atoms with E-state index in [0.29, 0.717) is 23.8 Å². The van der Waals surface area contributed by atoms with E-state index in [1.807, 2.05) is 36.5 Å². The lowest BCUT2D eigenvalue weighted by atomic mass is 10.1. The molecule has 0 spiro atoms. The number of methoxy groups -OCH3 is 3. The Bertz CT molecular complexity index is 1000. The van der Waals surface area contributed by atoms with E-state index >= 15 is 0 Å². The van der Waals surface area contributed by atoms with Gasteiger partial charge in [0.05, 0.1) is 33.2 Å². The van der Waals surface area contributed by atoms with Gasteiger partial charge in [0, 0.05) is 31.4 Å². The summed E-state index contributed by atoms with van der Waals surface area (Å²) in [6, 6.07) is 13.4. The fourth-order valence-corrected chi connectivity index (χ4v) is 3.01. The molecule has 1 heterocycles. The quantitative estimate of drug-likeness (QED) is 0.534. The van der Waals surface area contributed by atoms with Crippen LogP contribution in [0.1, 0.15) is 11.1 Å². The Hall–Kier alpha value is -3.74. The van der Waals surface area contributed by atoms with E-state index < -0.39 is 0 Å². The van der Waals surface area contributed by atoms with Gasteiger partial charge in [-0.05, 0) is 35.9 Å². The Labute approximate surface area is 176 Å². The first-order valence-corrected chi connectivity index (χ1v) is 9.38. The van der Waals surface area contributed by atoms with Crippen LogP contribution in [0, 0.1) is 0 Å². The van der Waals surface area contributed by atoms with Gasteiger partial charge < -0.3 is 19.1 Å². The molecule has 3 rings (SSSR count). The van der Waals surface area contributed by atoms with Gasteiger partial charge in [-0.25, -0.2) is 4.68 Å². The third kappa shape index (κ3) is 4.81. The first kappa shape index (κ1) is 21.0. The van der Waals surface area contributed by atoms with Crippen molar-refractivity contribution in [2.45, 2.75) is 6.54 Å². The van der Waals surface area contributed by atoms with Gasteiger partial charge in [-0.3, -0.25) is 4.79 Å². The summed E-state index contributed by atoms with van der Waals surface area (Å²) >= 11 is 0. The number of hydrogen-bond acceptors (Lipinski definition) is 5. The topological polar surface area (TPSA) is 65.8 Å². The van der Waals surface area contributed by atoms with Gasteiger partial charge in [0.1, 0.15) is 0 Å². The summed E-state index contributed by atoms with van der Waals surface area (Å²) in [6.07, 6.45) is 6.92. The van der Waals surface area contributed by atoms with Crippen LogP contribution in [0.5, 0.6) is 17.2 Å². The fraction of sp³-hybridized carbons (Fsp3) is 0.217. The predicted molar refractivity (Wildman–Crippen MR) is 115 cm³/mol. The molecule has 156 valence electrons. The van der Waals surface area contributed by atoms with Crippen LogP contribution in [0.25, 0.3) is 11.8 Å². The lowest BCUT2D eigenvalue weighted by Gasteiger charge is -2.14. The lowest BCUT2D eigenvalue weighted by Crippen LogP contribution is -2.23. The number of carbonyl (C=O) groups excluding carboxylic acids is 1. The van der Waals surface area contributed by atoms with Crippen LogP contribution in [-0.4, -0.2) is 49.0 Å². The van der Waals surface area contributed by atoms with E-state index in [9.17, 15) is 4.79 Å². The van der Waals surface area contributed by atoms with Gasteiger partial charge in [-0.2, -0.15) is 5.10 Å². The van der Waals surface area contributed by atoms with Crippen molar-refractivity contribution in [3.63, 3.8) is 0 Å². The highest BCUT2D eigenvalue weighted by atomic mass is 16.5. The second kappa shape index (κ2) is 9.65. The zero-order valence-corrected chi connectivity index (χ0v) is 17.5. The minimum atomic E-state index is -0.129. The lowest BCUT2D eigenvalue weighted by molar-refractivity contribution is -0.125. The number of aromatic nitrogens is 2. The molecule has 0 fully saturated rings. The molecule has 0 aliphatic rings. The smallest absolute Gasteiger partial charge is 0.246 e. The molecule has 0 radical (unpaired) electrons. The molecular formula is C23H25N3O4. The average molecular weight is 407 g/mol. The molecule has 1 amide bonds. The molecule has 0 unspecified atom stereocenters. The normalized spacial score (nSPS) is 10.8. The van der Waals surface area contributed by atoms with Crippen molar-refractivity contribution in [2.75, 3.05) is 28.4 Å². The Morgan fingerprint density at radius 3 is 2.33 bits per heavy atom. The van der Waals surface area contributed by atoms with E-state index in [1.165, 1.54) is 6.08 Å². The third-order valence-corrected chi connectivity index (χ3v) is 4.56. The summed E-state index contributed by atoms with van der Waals surface area (Å²) in [5, 5.41) is 4.37. The minimum Gasteiger partial charge on any atom is -0.493 e. The number of benzene rings is 2. The summed E-state index contributed by atoms with van der Waals surface area (Å²) in [7, 11) is 6.41. The molecule has 0 saturated heterocycles. The van der Waals surface area contributed by atoms with Gasteiger partial charge >= 0.3 is 0 Å². The van der Waals surface area contributed by atoms with Gasteiger partial charge in [0.25, 0.3) is 0 Å². The second-order valence-corrected chi connectivity index (χ2v) is 6.62. The van der Waals surface area contributed by atoms with Crippen molar-refractivity contribution < 1.29 is 19.0 Å². The fourth-order valence-electron chi connectivity index (χ4n) is 3.01. The first-order chi connectivity index (χ1) is 14.5. The highest BCUT2D eigenvalue weighted by Gasteiger charge is 2.13. The number of amides is 1. The van der Waals surface area contributed by atoms with E-state index in [1.54, 1.807) is 62.4 Å². The maximum Gasteiger partial charge on any atom is 0.246 e. The molecule has 3 aromatic rings. The van der Waals surface area contributed by atoms with Crippen LogP contribution in [0.15, 0.2) is 60.9 Å². The molecule has 0 aliphatic carbocycles. The number of hydrogen-bond donors (Lipinski definition) is 0. The van der Waals surface area contributed by atoms with E-state index in [4.69, 9.17) is 14.2 Å². The summed E-state index contributed by atoms with van der Waals surface area (Å²) in [4.78, 5) is 14.2. The third-order valence-electron chi connectivity index (χ3n) is 4.56. The average Bonchev–Trinajstić information content (AvgIpc) is 3.25. The van der Waals surface area contributed by atoms with Gasteiger partial charge in [0.15, 0.2) is 11.5 Å². The van der Waals surface area contributed by atoms with Crippen molar-refractivity contribution in [3.05, 3.63) is 72.1 Å². The molecule has 2 aromatic carbocycles. The van der Waals surface area contributed by atoms with E-state index in [-0.39, 0.29) is 5.91 Å². The van der Waals surface area contributed by atoms with E-state index in [0.717, 1.165) is 16.8 Å². The molecule has 0 N–H and O–H groups in total. The summed E-state index contributed by atoms with van der Waals surface area (Å²) in [5.74, 6) is 1.45. The summed E-state index contributed by atoms with van der Waals surface area (Å²) < 4.78 is 17.8. The summed E-state index contributed by atoms with van der Waals surface area (Å²) in [6.45, 7) is 0.450. The molecule has 0 atom stereocenters. The van der Waals surface area contributed by atoms with Gasteiger partial charge in [-0.1, -0.05) is 18.2 Å².